The van der Waals surface area contributed by atoms with Crippen molar-refractivity contribution in [2.75, 3.05) is 0 Å². The zero-order valence-corrected chi connectivity index (χ0v) is 5.85. The molecule has 0 spiro atoms. The van der Waals surface area contributed by atoms with Crippen LogP contribution in [0.5, 0.6) is 0 Å². The lowest BCUT2D eigenvalue weighted by Gasteiger charge is -2.06. The van der Waals surface area contributed by atoms with Gasteiger partial charge in [0, 0.05) is 6.55 Å². The molecular weight excluding hydrogens is 130 g/mol. The average Bonchev–Trinajstić information content (AvgIpc) is 1.87. The highest BCUT2D eigenvalue weighted by Gasteiger charge is 2.42. The second-order valence-corrected chi connectivity index (χ2v) is 3.89. The Labute approximate surface area is 47.7 Å². The molecular formula is CH12N3O3Si+3. The second-order valence-electron chi connectivity index (χ2n) is 1.30. The van der Waals surface area contributed by atoms with E-state index in [1.807, 2.05) is 0 Å². The highest BCUT2D eigenvalue weighted by atomic mass is 28.4. The van der Waals surface area contributed by atoms with Gasteiger partial charge in [-0.1, -0.05) is 0 Å². The first-order chi connectivity index (χ1) is 3.68. The molecule has 0 aliphatic rings. The third kappa shape index (κ3) is 1.84. The van der Waals surface area contributed by atoms with E-state index in [2.05, 4.69) is 31.3 Å². The summed E-state index contributed by atoms with van der Waals surface area (Å²) in [5.41, 5.74) is 0. The summed E-state index contributed by atoms with van der Waals surface area (Å²) in [7, 11) is -2.50. The lowest BCUT2D eigenvalue weighted by molar-refractivity contribution is -0.743. The van der Waals surface area contributed by atoms with Crippen LogP contribution < -0.4 is 17.7 Å². The van der Waals surface area contributed by atoms with Crippen LogP contribution in [-0.4, -0.2) is 8.80 Å². The van der Waals surface area contributed by atoms with Crippen molar-refractivity contribution in [1.82, 2.24) is 0 Å². The van der Waals surface area contributed by atoms with Crippen molar-refractivity contribution in [2.45, 2.75) is 6.55 Å². The fourth-order valence-corrected chi connectivity index (χ4v) is 0.375. The summed E-state index contributed by atoms with van der Waals surface area (Å²) in [4.78, 5) is 0. The standard InChI is InChI=1S/CH12N3O3Si/c1-8(5-2,6-3)7-4/h1-4H3/q+3. The van der Waals surface area contributed by atoms with Gasteiger partial charge in [0.2, 0.25) is 0 Å². The summed E-state index contributed by atoms with van der Waals surface area (Å²) in [5.74, 6) is 9.39. The highest BCUT2D eigenvalue weighted by molar-refractivity contribution is 6.57. The van der Waals surface area contributed by atoms with E-state index in [9.17, 15) is 0 Å². The molecule has 9 N–H and O–H groups in total. The first-order valence-corrected chi connectivity index (χ1v) is 4.20. The monoisotopic (exact) mass is 142 g/mol. The predicted octanol–water partition coefficient (Wildman–Crippen LogP) is -3.92. The lowest BCUT2D eigenvalue weighted by Crippen LogP contribution is -2.76. The van der Waals surface area contributed by atoms with E-state index in [-0.39, 0.29) is 0 Å². The molecule has 0 saturated heterocycles. The van der Waals surface area contributed by atoms with Crippen LogP contribution in [0.15, 0.2) is 0 Å². The first-order valence-electron chi connectivity index (χ1n) is 1.98. The maximum atomic E-state index is 4.56. The van der Waals surface area contributed by atoms with Crippen molar-refractivity contribution in [1.29, 1.82) is 0 Å². The minimum absolute atomic E-state index is 1.64. The Hall–Kier alpha value is -0.0231. The quantitative estimate of drug-likeness (QED) is 0.276. The smallest absolute Gasteiger partial charge is 0.219 e. The molecule has 0 bridgehead atoms. The molecule has 0 fully saturated rings. The minimum atomic E-state index is -2.50. The molecule has 0 unspecified atom stereocenters. The number of hydrogen-bond acceptors (Lipinski definition) is 3. The number of rotatable bonds is 3. The van der Waals surface area contributed by atoms with Crippen molar-refractivity contribution in [2.24, 2.45) is 0 Å². The maximum Gasteiger partial charge on any atom is 0.654 e. The zero-order valence-electron chi connectivity index (χ0n) is 4.85. The van der Waals surface area contributed by atoms with Crippen LogP contribution in [0.3, 0.4) is 0 Å². The minimum Gasteiger partial charge on any atom is -0.219 e. The Morgan fingerprint density at radius 1 is 1.00 bits per heavy atom. The van der Waals surface area contributed by atoms with Crippen LogP contribution in [-0.2, 0) is 13.6 Å². The van der Waals surface area contributed by atoms with Crippen LogP contribution in [0.1, 0.15) is 0 Å². The molecule has 0 aromatic carbocycles. The number of hydrogen-bond donors (Lipinski definition) is 3. The summed E-state index contributed by atoms with van der Waals surface area (Å²) < 4.78 is 13.7. The van der Waals surface area contributed by atoms with Gasteiger partial charge in [-0.25, -0.2) is 17.7 Å². The highest BCUT2D eigenvalue weighted by Crippen LogP contribution is 1.93. The Morgan fingerprint density at radius 2 is 1.25 bits per heavy atom. The van der Waals surface area contributed by atoms with Crippen LogP contribution in [0.2, 0.25) is 6.55 Å². The second kappa shape index (κ2) is 3.09. The van der Waals surface area contributed by atoms with Gasteiger partial charge < -0.3 is 0 Å². The summed E-state index contributed by atoms with van der Waals surface area (Å²) >= 11 is 0. The fraction of sp³-hybridized carbons (Fsp3) is 1.00. The van der Waals surface area contributed by atoms with Gasteiger partial charge in [-0.2, -0.15) is 13.6 Å². The Kier molecular flexibility index (Phi) is 3.08. The van der Waals surface area contributed by atoms with Gasteiger partial charge >= 0.3 is 8.80 Å². The van der Waals surface area contributed by atoms with E-state index < -0.39 is 8.80 Å². The largest absolute Gasteiger partial charge is 0.654 e. The van der Waals surface area contributed by atoms with Gasteiger partial charge in [-0.15, -0.1) is 0 Å². The lowest BCUT2D eigenvalue weighted by atomic mass is 11.9. The van der Waals surface area contributed by atoms with Crippen LogP contribution >= 0.6 is 0 Å². The van der Waals surface area contributed by atoms with Crippen molar-refractivity contribution in [3.8, 4) is 0 Å². The molecule has 0 aromatic heterocycles. The van der Waals surface area contributed by atoms with Crippen molar-refractivity contribution in [3.63, 3.8) is 0 Å². The van der Waals surface area contributed by atoms with E-state index in [0.717, 1.165) is 0 Å². The summed E-state index contributed by atoms with van der Waals surface area (Å²) in [5, 5.41) is 0. The van der Waals surface area contributed by atoms with Gasteiger partial charge in [-0.05, 0) is 0 Å². The molecule has 8 heavy (non-hydrogen) atoms. The molecule has 0 atom stereocenters. The van der Waals surface area contributed by atoms with Gasteiger partial charge in [0.1, 0.15) is 0 Å². The van der Waals surface area contributed by atoms with Crippen molar-refractivity contribution < 1.29 is 31.3 Å². The van der Waals surface area contributed by atoms with Crippen molar-refractivity contribution >= 4 is 8.80 Å². The summed E-state index contributed by atoms with van der Waals surface area (Å²) in [6.45, 7) is 1.64. The van der Waals surface area contributed by atoms with Crippen LogP contribution in [0.25, 0.3) is 0 Å². The molecule has 0 saturated carbocycles. The molecule has 0 aliphatic carbocycles. The molecule has 0 aliphatic heterocycles. The average molecular weight is 142 g/mol. The SMILES string of the molecule is C[Si](O[NH3+])(O[NH3+])O[NH3+]. The Bertz CT molecular complexity index is 57.3. The maximum absolute atomic E-state index is 4.56. The molecule has 0 radical (unpaired) electrons. The van der Waals surface area contributed by atoms with E-state index in [4.69, 9.17) is 0 Å². The molecule has 0 heterocycles. The van der Waals surface area contributed by atoms with Gasteiger partial charge in [0.25, 0.3) is 0 Å². The normalized spacial score (nSPS) is 12.0. The Balaban J connectivity index is 3.58. The molecule has 7 heteroatoms. The van der Waals surface area contributed by atoms with Gasteiger partial charge in [0.05, 0.1) is 0 Å². The van der Waals surface area contributed by atoms with Crippen LogP contribution in [0, 0.1) is 0 Å². The fourth-order valence-electron chi connectivity index (χ4n) is 0.125. The third-order valence-electron chi connectivity index (χ3n) is 0.787. The van der Waals surface area contributed by atoms with E-state index in [0.29, 0.717) is 0 Å². The van der Waals surface area contributed by atoms with Gasteiger partial charge in [-0.3, -0.25) is 0 Å². The predicted molar refractivity (Wildman–Crippen MR) is 23.5 cm³/mol. The van der Waals surface area contributed by atoms with Gasteiger partial charge in [0.15, 0.2) is 0 Å². The molecule has 50 valence electrons. The first kappa shape index (κ1) is 7.98. The molecule has 0 rings (SSSR count). The number of quaternary nitrogens is 3. The van der Waals surface area contributed by atoms with Crippen molar-refractivity contribution in [3.05, 3.63) is 0 Å². The molecule has 6 nitrogen and oxygen atoms in total. The summed E-state index contributed by atoms with van der Waals surface area (Å²) in [6, 6.07) is 0. The summed E-state index contributed by atoms with van der Waals surface area (Å²) in [6.07, 6.45) is 0. The van der Waals surface area contributed by atoms with E-state index in [1.54, 1.807) is 6.55 Å². The molecule has 0 aromatic rings. The third-order valence-corrected chi connectivity index (χ3v) is 2.36. The topological polar surface area (TPSA) is 111 Å². The van der Waals surface area contributed by atoms with E-state index >= 15 is 0 Å². The van der Waals surface area contributed by atoms with Crippen LogP contribution in [0.4, 0.5) is 0 Å². The zero-order chi connectivity index (χ0) is 6.62. The molecule has 0 amide bonds. The van der Waals surface area contributed by atoms with E-state index in [1.165, 1.54) is 0 Å². The Morgan fingerprint density at radius 3 is 1.25 bits per heavy atom.